The Morgan fingerprint density at radius 2 is 1.61 bits per heavy atom. The number of aliphatic hydroxyl groups is 1. The molecule has 0 radical (unpaired) electrons. The average Bonchev–Trinajstić information content (AvgIpc) is 2.80. The van der Waals surface area contributed by atoms with Gasteiger partial charge in [0.15, 0.2) is 12.0 Å². The predicted octanol–water partition coefficient (Wildman–Crippen LogP) is 5.10. The van der Waals surface area contributed by atoms with Crippen molar-refractivity contribution in [1.82, 2.24) is 0 Å². The number of phenols is 1. The number of fused-ring (bicyclic) bond motifs is 1. The Balaban J connectivity index is 1.70. The lowest BCUT2D eigenvalue weighted by Crippen LogP contribution is -2.10. The molecule has 1 atom stereocenters. The Bertz CT molecular complexity index is 1220. The molecule has 4 aromatic carbocycles. The van der Waals surface area contributed by atoms with Crippen molar-refractivity contribution in [3.8, 4) is 5.75 Å². The molecule has 4 rings (SSSR count). The molecule has 7 nitrogen and oxygen atoms in total. The highest BCUT2D eigenvalue weighted by atomic mass is 16.3. The van der Waals surface area contributed by atoms with E-state index >= 15 is 0 Å². The van der Waals surface area contributed by atoms with Crippen molar-refractivity contribution in [2.75, 3.05) is 11.1 Å². The number of rotatable bonds is 6. The molecular formula is C24H23N5O2. The first-order valence-corrected chi connectivity index (χ1v) is 9.80. The number of aromatic hydroxyl groups is 1. The molecule has 0 saturated carbocycles. The third kappa shape index (κ3) is 4.48. The Morgan fingerprint density at radius 1 is 0.903 bits per heavy atom. The van der Waals surface area contributed by atoms with Gasteiger partial charge in [0.05, 0.1) is 11.4 Å². The summed E-state index contributed by atoms with van der Waals surface area (Å²) in [6, 6.07) is 23.5. The van der Waals surface area contributed by atoms with Crippen molar-refractivity contribution >= 4 is 33.5 Å². The van der Waals surface area contributed by atoms with Crippen LogP contribution in [-0.4, -0.2) is 10.2 Å². The summed E-state index contributed by atoms with van der Waals surface area (Å²) < 4.78 is 0. The molecule has 1 unspecified atom stereocenters. The molecule has 0 aliphatic carbocycles. The first-order valence-electron chi connectivity index (χ1n) is 9.80. The zero-order chi connectivity index (χ0) is 21.8. The average molecular weight is 413 g/mol. The number of hydrogen-bond donors (Lipinski definition) is 5. The number of nitrogens with one attached hydrogen (secondary N) is 1. The number of nitrogens with zero attached hydrogens (tertiary/aromatic N) is 2. The molecule has 0 amide bonds. The molecule has 0 spiro atoms. The molecule has 0 aliphatic rings. The van der Waals surface area contributed by atoms with Crippen LogP contribution in [0.2, 0.25) is 0 Å². The van der Waals surface area contributed by atoms with Crippen molar-refractivity contribution < 1.29 is 10.2 Å². The topological polar surface area (TPSA) is 129 Å². The summed E-state index contributed by atoms with van der Waals surface area (Å²) in [7, 11) is 0. The highest BCUT2D eigenvalue weighted by molar-refractivity contribution is 5.99. The first-order chi connectivity index (χ1) is 15.0. The van der Waals surface area contributed by atoms with E-state index in [1.54, 1.807) is 42.5 Å². The largest absolute Gasteiger partial charge is 0.504 e. The van der Waals surface area contributed by atoms with Gasteiger partial charge in [-0.05, 0) is 41.3 Å². The molecule has 0 aromatic heterocycles. The van der Waals surface area contributed by atoms with Crippen molar-refractivity contribution in [1.29, 1.82) is 0 Å². The van der Waals surface area contributed by atoms with E-state index in [-0.39, 0.29) is 5.75 Å². The predicted molar refractivity (Wildman–Crippen MR) is 124 cm³/mol. The summed E-state index contributed by atoms with van der Waals surface area (Å²) in [4.78, 5) is 0. The second-order valence-electron chi connectivity index (χ2n) is 7.13. The molecule has 7 N–H and O–H groups in total. The van der Waals surface area contributed by atoms with Gasteiger partial charge in [0.2, 0.25) is 0 Å². The SMILES string of the molecule is NCc1ccc(C(O)Nc2cc3ccccc3c(N=Nc3ccc(N)cc3)c2O)cc1. The maximum Gasteiger partial charge on any atom is 0.167 e. The number of anilines is 2. The first kappa shape index (κ1) is 20.3. The lowest BCUT2D eigenvalue weighted by atomic mass is 10.1. The molecule has 0 fully saturated rings. The van der Waals surface area contributed by atoms with E-state index in [1.165, 1.54) is 0 Å². The van der Waals surface area contributed by atoms with Crippen LogP contribution in [-0.2, 0) is 6.54 Å². The van der Waals surface area contributed by atoms with Crippen LogP contribution in [0, 0.1) is 0 Å². The standard InChI is InChI=1S/C24H23N5O2/c25-14-15-5-7-16(8-6-15)24(31)27-21-13-17-3-1-2-4-20(17)22(23(21)30)29-28-19-11-9-18(26)10-12-19/h1-13,24,27,30-31H,14,25-26H2. The molecule has 0 saturated heterocycles. The van der Waals surface area contributed by atoms with E-state index < -0.39 is 6.23 Å². The third-order valence-corrected chi connectivity index (χ3v) is 4.98. The van der Waals surface area contributed by atoms with Crippen molar-refractivity contribution in [2.24, 2.45) is 16.0 Å². The highest BCUT2D eigenvalue weighted by Gasteiger charge is 2.16. The van der Waals surface area contributed by atoms with Gasteiger partial charge in [-0.1, -0.05) is 48.5 Å². The zero-order valence-corrected chi connectivity index (χ0v) is 16.7. The van der Waals surface area contributed by atoms with Crippen molar-refractivity contribution in [2.45, 2.75) is 12.8 Å². The quantitative estimate of drug-likeness (QED) is 0.130. The van der Waals surface area contributed by atoms with Gasteiger partial charge in [-0.2, -0.15) is 5.11 Å². The van der Waals surface area contributed by atoms with E-state index in [9.17, 15) is 10.2 Å². The monoisotopic (exact) mass is 413 g/mol. The Hall–Kier alpha value is -3.94. The summed E-state index contributed by atoms with van der Waals surface area (Å²) in [5.41, 5.74) is 14.9. The number of nitrogen functional groups attached to an aromatic ring is 1. The number of phenolic OH excluding ortho intramolecular Hbond substituents is 1. The summed E-state index contributed by atoms with van der Waals surface area (Å²) in [5, 5.41) is 34.6. The van der Waals surface area contributed by atoms with Gasteiger partial charge in [0, 0.05) is 23.2 Å². The van der Waals surface area contributed by atoms with E-state index in [2.05, 4.69) is 15.5 Å². The number of benzene rings is 4. The number of azo groups is 1. The van der Waals surface area contributed by atoms with E-state index in [0.717, 1.165) is 16.3 Å². The van der Waals surface area contributed by atoms with Crippen molar-refractivity contribution in [3.63, 3.8) is 0 Å². The van der Waals surface area contributed by atoms with Crippen LogP contribution in [0.25, 0.3) is 10.8 Å². The van der Waals surface area contributed by atoms with Crippen LogP contribution < -0.4 is 16.8 Å². The molecule has 0 bridgehead atoms. The van der Waals surface area contributed by atoms with Gasteiger partial charge in [0.25, 0.3) is 0 Å². The third-order valence-electron chi connectivity index (χ3n) is 4.98. The molecule has 156 valence electrons. The Morgan fingerprint density at radius 3 is 2.32 bits per heavy atom. The highest BCUT2D eigenvalue weighted by Crippen LogP contribution is 2.43. The van der Waals surface area contributed by atoms with E-state index in [0.29, 0.717) is 34.9 Å². The summed E-state index contributed by atoms with van der Waals surface area (Å²) >= 11 is 0. The number of hydrogen-bond acceptors (Lipinski definition) is 7. The molecule has 31 heavy (non-hydrogen) atoms. The second-order valence-corrected chi connectivity index (χ2v) is 7.13. The molecule has 0 aliphatic heterocycles. The van der Waals surface area contributed by atoms with Gasteiger partial charge < -0.3 is 27.0 Å². The maximum absolute atomic E-state index is 10.9. The van der Waals surface area contributed by atoms with Crippen LogP contribution in [0.3, 0.4) is 0 Å². The van der Waals surface area contributed by atoms with Gasteiger partial charge >= 0.3 is 0 Å². The second kappa shape index (κ2) is 8.83. The van der Waals surface area contributed by atoms with Crippen LogP contribution in [0.4, 0.5) is 22.7 Å². The zero-order valence-electron chi connectivity index (χ0n) is 16.7. The minimum Gasteiger partial charge on any atom is -0.504 e. The van der Waals surface area contributed by atoms with Gasteiger partial charge in [-0.25, -0.2) is 0 Å². The van der Waals surface area contributed by atoms with Crippen molar-refractivity contribution in [3.05, 3.63) is 90.0 Å². The molecular weight excluding hydrogens is 390 g/mol. The molecule has 0 heterocycles. The minimum atomic E-state index is -1.03. The smallest absolute Gasteiger partial charge is 0.167 e. The van der Waals surface area contributed by atoms with E-state index in [1.807, 2.05) is 36.4 Å². The molecule has 4 aromatic rings. The van der Waals surface area contributed by atoms with Crippen LogP contribution in [0.1, 0.15) is 17.4 Å². The van der Waals surface area contributed by atoms with Gasteiger partial charge in [0.1, 0.15) is 5.69 Å². The summed E-state index contributed by atoms with van der Waals surface area (Å²) in [6.45, 7) is 0.428. The van der Waals surface area contributed by atoms with Crippen LogP contribution in [0.15, 0.2) is 89.1 Å². The van der Waals surface area contributed by atoms with Crippen LogP contribution in [0.5, 0.6) is 5.75 Å². The van der Waals surface area contributed by atoms with E-state index in [4.69, 9.17) is 11.5 Å². The lowest BCUT2D eigenvalue weighted by molar-refractivity contribution is 0.207. The fourth-order valence-corrected chi connectivity index (χ4v) is 3.24. The van der Waals surface area contributed by atoms with Gasteiger partial charge in [-0.3, -0.25) is 0 Å². The summed E-state index contributed by atoms with van der Waals surface area (Å²) in [6.07, 6.45) is -1.03. The Kier molecular flexibility index (Phi) is 5.79. The fraction of sp³-hybridized carbons (Fsp3) is 0.0833. The van der Waals surface area contributed by atoms with Crippen LogP contribution >= 0.6 is 0 Å². The number of nitrogens with two attached hydrogens (primary N) is 2. The normalized spacial score (nSPS) is 12.3. The maximum atomic E-state index is 10.9. The van der Waals surface area contributed by atoms with Gasteiger partial charge in [-0.15, -0.1) is 5.11 Å². The fourth-order valence-electron chi connectivity index (χ4n) is 3.24. The molecule has 7 heteroatoms. The minimum absolute atomic E-state index is 0.101. The Labute approximate surface area is 179 Å². The lowest BCUT2D eigenvalue weighted by Gasteiger charge is -2.17. The summed E-state index contributed by atoms with van der Waals surface area (Å²) in [5.74, 6) is -0.101. The number of aliphatic hydroxyl groups excluding tert-OH is 1.